The van der Waals surface area contributed by atoms with Gasteiger partial charge in [-0.05, 0) is 31.5 Å². The first-order valence-electron chi connectivity index (χ1n) is 6.77. The molecule has 1 aromatic heterocycles. The molecule has 1 aromatic carbocycles. The Balaban J connectivity index is 2.04. The van der Waals surface area contributed by atoms with Crippen LogP contribution in [-0.4, -0.2) is 25.8 Å². The zero-order valence-corrected chi connectivity index (χ0v) is 13.4. The number of aryl methyl sites for hydroxylation is 1. The highest BCUT2D eigenvalue weighted by Gasteiger charge is 2.19. The zero-order chi connectivity index (χ0) is 16.3. The third-order valence-electron chi connectivity index (χ3n) is 3.24. The second-order valence-corrected chi connectivity index (χ2v) is 6.29. The van der Waals surface area contributed by atoms with Crippen molar-refractivity contribution in [3.8, 4) is 0 Å². The summed E-state index contributed by atoms with van der Waals surface area (Å²) >= 11 is 1.25. The topological polar surface area (TPSA) is 67.2 Å². The van der Waals surface area contributed by atoms with Gasteiger partial charge in [0.2, 0.25) is 5.91 Å². The minimum Gasteiger partial charge on any atom is -0.390 e. The van der Waals surface area contributed by atoms with Crippen LogP contribution in [0.5, 0.6) is 0 Å². The Morgan fingerprint density at radius 1 is 1.55 bits per heavy atom. The van der Waals surface area contributed by atoms with Crippen molar-refractivity contribution in [2.75, 3.05) is 5.32 Å². The van der Waals surface area contributed by atoms with Crippen molar-refractivity contribution in [3.63, 3.8) is 0 Å². The summed E-state index contributed by atoms with van der Waals surface area (Å²) in [6.45, 7) is 3.39. The molecule has 0 saturated heterocycles. The monoisotopic (exact) mass is 323 g/mol. The lowest BCUT2D eigenvalue weighted by molar-refractivity contribution is -0.115. The number of anilines is 1. The predicted octanol–water partition coefficient (Wildman–Crippen LogP) is 2.48. The Kier molecular flexibility index (Phi) is 5.20. The van der Waals surface area contributed by atoms with Crippen LogP contribution >= 0.6 is 11.8 Å². The van der Waals surface area contributed by atoms with Crippen molar-refractivity contribution in [2.24, 2.45) is 7.05 Å². The van der Waals surface area contributed by atoms with E-state index in [2.05, 4.69) is 10.3 Å². The van der Waals surface area contributed by atoms with E-state index in [9.17, 15) is 9.18 Å². The van der Waals surface area contributed by atoms with Crippen LogP contribution in [0, 0.1) is 12.7 Å². The number of hydrogen-bond acceptors (Lipinski definition) is 4. The maximum absolute atomic E-state index is 13.7. The fourth-order valence-electron chi connectivity index (χ4n) is 1.85. The smallest absolute Gasteiger partial charge is 0.237 e. The number of rotatable bonds is 5. The lowest BCUT2D eigenvalue weighted by atomic mass is 10.2. The fraction of sp³-hybridized carbons (Fsp3) is 0.333. The standard InChI is InChI=1S/C15H18FN3O2S/c1-9-4-5-13(12(16)6-9)18-14(21)10(2)22-15-17-7-11(8-20)19(15)3/h4-7,10,20H,8H2,1-3H3,(H,18,21). The van der Waals surface area contributed by atoms with Gasteiger partial charge in [0.05, 0.1) is 29.4 Å². The largest absolute Gasteiger partial charge is 0.390 e. The van der Waals surface area contributed by atoms with Gasteiger partial charge < -0.3 is 15.0 Å². The fourth-order valence-corrected chi connectivity index (χ4v) is 2.72. The van der Waals surface area contributed by atoms with Gasteiger partial charge in [-0.1, -0.05) is 17.8 Å². The van der Waals surface area contributed by atoms with E-state index < -0.39 is 11.1 Å². The molecule has 0 bridgehead atoms. The number of amides is 1. The number of hydrogen-bond donors (Lipinski definition) is 2. The summed E-state index contributed by atoms with van der Waals surface area (Å²) in [6.07, 6.45) is 1.56. The second-order valence-electron chi connectivity index (χ2n) is 4.98. The zero-order valence-electron chi connectivity index (χ0n) is 12.6. The first kappa shape index (κ1) is 16.5. The summed E-state index contributed by atoms with van der Waals surface area (Å²) < 4.78 is 15.5. The van der Waals surface area contributed by atoms with Gasteiger partial charge in [-0.3, -0.25) is 4.79 Å². The molecule has 1 amide bonds. The lowest BCUT2D eigenvalue weighted by Crippen LogP contribution is -2.23. The van der Waals surface area contributed by atoms with Gasteiger partial charge in [0.1, 0.15) is 5.82 Å². The molecular weight excluding hydrogens is 305 g/mol. The molecule has 1 heterocycles. The van der Waals surface area contributed by atoms with E-state index in [1.165, 1.54) is 17.8 Å². The average Bonchev–Trinajstić information content (AvgIpc) is 2.82. The quantitative estimate of drug-likeness (QED) is 0.830. The molecule has 2 aromatic rings. The molecule has 0 aliphatic carbocycles. The number of benzene rings is 1. The average molecular weight is 323 g/mol. The Morgan fingerprint density at radius 2 is 2.27 bits per heavy atom. The predicted molar refractivity (Wildman–Crippen MR) is 84.2 cm³/mol. The SMILES string of the molecule is Cc1ccc(NC(=O)C(C)Sc2ncc(CO)n2C)c(F)c1. The molecule has 0 radical (unpaired) electrons. The van der Waals surface area contributed by atoms with Crippen molar-refractivity contribution in [1.82, 2.24) is 9.55 Å². The molecule has 0 aliphatic heterocycles. The molecule has 7 heteroatoms. The van der Waals surface area contributed by atoms with Gasteiger partial charge in [-0.15, -0.1) is 0 Å². The van der Waals surface area contributed by atoms with Crippen LogP contribution in [0.2, 0.25) is 0 Å². The second kappa shape index (κ2) is 6.93. The highest BCUT2D eigenvalue weighted by Crippen LogP contribution is 2.24. The van der Waals surface area contributed by atoms with Crippen LogP contribution in [0.1, 0.15) is 18.2 Å². The van der Waals surface area contributed by atoms with Crippen LogP contribution in [0.4, 0.5) is 10.1 Å². The number of thioether (sulfide) groups is 1. The molecule has 0 fully saturated rings. The van der Waals surface area contributed by atoms with E-state index in [0.29, 0.717) is 10.9 Å². The summed E-state index contributed by atoms with van der Waals surface area (Å²) in [5.41, 5.74) is 1.63. The molecule has 2 rings (SSSR count). The van der Waals surface area contributed by atoms with Crippen molar-refractivity contribution in [3.05, 3.63) is 41.5 Å². The minimum atomic E-state index is -0.454. The molecule has 118 valence electrons. The Labute approximate surface area is 132 Å². The number of nitrogens with zero attached hydrogens (tertiary/aromatic N) is 2. The summed E-state index contributed by atoms with van der Waals surface area (Å²) in [5.74, 6) is -0.758. The molecule has 1 unspecified atom stereocenters. The molecule has 22 heavy (non-hydrogen) atoms. The normalized spacial score (nSPS) is 12.2. The highest BCUT2D eigenvalue weighted by atomic mass is 32.2. The number of aliphatic hydroxyl groups is 1. The van der Waals surface area contributed by atoms with Crippen LogP contribution in [0.3, 0.4) is 0 Å². The number of aromatic nitrogens is 2. The number of aliphatic hydroxyl groups excluding tert-OH is 1. The molecule has 0 spiro atoms. The minimum absolute atomic E-state index is 0.112. The maximum atomic E-state index is 13.7. The van der Waals surface area contributed by atoms with E-state index in [4.69, 9.17) is 5.11 Å². The number of carbonyl (C=O) groups is 1. The summed E-state index contributed by atoms with van der Waals surface area (Å²) in [4.78, 5) is 16.3. The molecular formula is C15H18FN3O2S. The van der Waals surface area contributed by atoms with E-state index in [0.717, 1.165) is 5.56 Å². The molecule has 0 saturated carbocycles. The van der Waals surface area contributed by atoms with Crippen LogP contribution in [-0.2, 0) is 18.4 Å². The number of halogens is 1. The van der Waals surface area contributed by atoms with Crippen molar-refractivity contribution >= 4 is 23.4 Å². The van der Waals surface area contributed by atoms with Gasteiger partial charge in [0, 0.05) is 7.05 Å². The number of carbonyl (C=O) groups excluding carboxylic acids is 1. The summed E-state index contributed by atoms with van der Waals surface area (Å²) in [6, 6.07) is 4.66. The van der Waals surface area contributed by atoms with Gasteiger partial charge in [-0.25, -0.2) is 9.37 Å². The lowest BCUT2D eigenvalue weighted by Gasteiger charge is -2.13. The third kappa shape index (κ3) is 3.66. The van der Waals surface area contributed by atoms with E-state index in [1.807, 2.05) is 0 Å². The van der Waals surface area contributed by atoms with E-state index in [1.54, 1.807) is 43.8 Å². The first-order chi connectivity index (χ1) is 10.4. The van der Waals surface area contributed by atoms with Crippen LogP contribution in [0.15, 0.2) is 29.6 Å². The third-order valence-corrected chi connectivity index (χ3v) is 4.40. The molecule has 5 nitrogen and oxygen atoms in total. The molecule has 1 atom stereocenters. The Bertz CT molecular complexity index is 687. The van der Waals surface area contributed by atoms with E-state index in [-0.39, 0.29) is 18.2 Å². The number of nitrogens with one attached hydrogen (secondary N) is 1. The van der Waals surface area contributed by atoms with Crippen LogP contribution < -0.4 is 5.32 Å². The first-order valence-corrected chi connectivity index (χ1v) is 7.65. The maximum Gasteiger partial charge on any atom is 0.237 e. The Morgan fingerprint density at radius 3 is 2.86 bits per heavy atom. The van der Waals surface area contributed by atoms with Crippen LogP contribution in [0.25, 0.3) is 0 Å². The van der Waals surface area contributed by atoms with E-state index >= 15 is 0 Å². The van der Waals surface area contributed by atoms with Gasteiger partial charge in [0.15, 0.2) is 5.16 Å². The molecule has 2 N–H and O–H groups in total. The summed E-state index contributed by atoms with van der Waals surface area (Å²) in [7, 11) is 1.77. The number of imidazole rings is 1. The van der Waals surface area contributed by atoms with Crippen molar-refractivity contribution < 1.29 is 14.3 Å². The molecule has 0 aliphatic rings. The van der Waals surface area contributed by atoms with Crippen molar-refractivity contribution in [2.45, 2.75) is 30.9 Å². The van der Waals surface area contributed by atoms with Gasteiger partial charge >= 0.3 is 0 Å². The van der Waals surface area contributed by atoms with Gasteiger partial charge in [0.25, 0.3) is 0 Å². The highest BCUT2D eigenvalue weighted by molar-refractivity contribution is 8.00. The van der Waals surface area contributed by atoms with Crippen molar-refractivity contribution in [1.29, 1.82) is 0 Å². The Hall–Kier alpha value is -1.86. The summed E-state index contributed by atoms with van der Waals surface area (Å²) in [5, 5.41) is 11.9. The van der Waals surface area contributed by atoms with Gasteiger partial charge in [-0.2, -0.15) is 0 Å².